The zero-order chi connectivity index (χ0) is 44.1. The van der Waals surface area contributed by atoms with Gasteiger partial charge in [0, 0.05) is 54.3 Å². The number of hydrogen-bond donors (Lipinski definition) is 2. The number of likely N-dealkylation sites (tertiary alicyclic amines) is 1. The Labute approximate surface area is 376 Å². The fraction of sp³-hybridized carbons (Fsp3) is 0.320. The summed E-state index contributed by atoms with van der Waals surface area (Å²) in [6, 6.07) is 25.2. The lowest BCUT2D eigenvalue weighted by Gasteiger charge is -2.14. The van der Waals surface area contributed by atoms with Gasteiger partial charge in [0.1, 0.15) is 34.9 Å². The number of halogens is 2. The predicted molar refractivity (Wildman–Crippen MR) is 251 cm³/mol. The van der Waals surface area contributed by atoms with Crippen LogP contribution < -0.4 is 10.6 Å². The molecule has 0 amide bonds. The summed E-state index contributed by atoms with van der Waals surface area (Å²) in [5.74, 6) is 3.38. The maximum absolute atomic E-state index is 13.7. The van der Waals surface area contributed by atoms with Crippen molar-refractivity contribution in [2.45, 2.75) is 82.7 Å². The molecule has 0 atom stereocenters. The van der Waals surface area contributed by atoms with Crippen LogP contribution in [0.5, 0.6) is 0 Å². The molecule has 1 saturated heterocycles. The fourth-order valence-corrected chi connectivity index (χ4v) is 9.15. The van der Waals surface area contributed by atoms with Gasteiger partial charge in [0.25, 0.3) is 0 Å². The Morgan fingerprint density at radius 1 is 0.554 bits per heavy atom. The highest BCUT2D eigenvalue weighted by atomic mass is 19.1. The lowest BCUT2D eigenvalue weighted by atomic mass is 10.2. The zero-order valence-corrected chi connectivity index (χ0v) is 36.3. The van der Waals surface area contributed by atoms with E-state index in [-0.39, 0.29) is 11.6 Å². The van der Waals surface area contributed by atoms with Crippen LogP contribution in [0.25, 0.3) is 62.8 Å². The van der Waals surface area contributed by atoms with Crippen LogP contribution in [-0.2, 0) is 6.42 Å². The number of imidazole rings is 2. The maximum atomic E-state index is 13.7. The number of aromatic nitrogens is 10. The standard InChI is InChI=1S/C27H30FN7.C23H21FN6/c28-20-9-7-19(8-10-20)26-33-25-23(12-11-22(30-25)14-18-34-16-3-4-17-34)35(26)24-13-15-29-27(32-24)31-21-5-1-2-6-21;1-2-17-11-12-19-21(26-17)29-22(15-7-9-16(24)10-8-15)30(19)20-13-14-25-23(28-20)27-18-5-3-4-6-18/h7-13,15,21H,1-6,14,16-18H2,(H,29,31,32);2,7-14,18H,1,3-6H2,(H,25,27,28). The normalized spacial score (nSPS) is 15.7. The SMILES string of the molecule is C=Cc1ccc2c(n1)nc(-c1ccc(F)cc1)n2-c1ccnc(NC2CCCC2)n1.Fc1ccc(-c2nc3nc(CCN4CCCC4)ccc3n2-c2ccnc(NC3CCCC3)n2)cc1. The number of rotatable bonds is 12. The molecule has 0 bridgehead atoms. The first-order valence-corrected chi connectivity index (χ1v) is 22.8. The first-order valence-electron chi connectivity index (χ1n) is 22.8. The van der Waals surface area contributed by atoms with E-state index in [1.54, 1.807) is 42.7 Å². The first-order chi connectivity index (χ1) is 31.9. The van der Waals surface area contributed by atoms with Gasteiger partial charge in [0.05, 0.1) is 16.7 Å². The predicted octanol–water partition coefficient (Wildman–Crippen LogP) is 10.0. The number of nitrogens with zero attached hydrogens (tertiary/aromatic N) is 11. The summed E-state index contributed by atoms with van der Waals surface area (Å²) in [5.41, 5.74) is 6.30. The molecule has 2 N–H and O–H groups in total. The Balaban J connectivity index is 0.000000155. The maximum Gasteiger partial charge on any atom is 0.224 e. The molecule has 65 heavy (non-hydrogen) atoms. The van der Waals surface area contributed by atoms with Gasteiger partial charge in [-0.05, 0) is 143 Å². The van der Waals surface area contributed by atoms with Crippen molar-refractivity contribution in [1.82, 2.24) is 53.9 Å². The van der Waals surface area contributed by atoms with E-state index in [1.165, 1.54) is 75.9 Å². The van der Waals surface area contributed by atoms with Gasteiger partial charge in [-0.15, -0.1) is 0 Å². The largest absolute Gasteiger partial charge is 0.351 e. The summed E-state index contributed by atoms with van der Waals surface area (Å²) >= 11 is 0. The molecular weight excluding hydrogens is 821 g/mol. The Morgan fingerprint density at radius 3 is 1.55 bits per heavy atom. The van der Waals surface area contributed by atoms with Gasteiger partial charge in [0.15, 0.2) is 11.3 Å². The average molecular weight is 872 g/mol. The van der Waals surface area contributed by atoms with Crippen molar-refractivity contribution in [2.75, 3.05) is 30.3 Å². The van der Waals surface area contributed by atoms with E-state index in [4.69, 9.17) is 24.9 Å². The molecule has 8 aromatic rings. The van der Waals surface area contributed by atoms with Crippen molar-refractivity contribution in [3.63, 3.8) is 0 Å². The van der Waals surface area contributed by atoms with Crippen molar-refractivity contribution in [3.8, 4) is 34.4 Å². The Kier molecular flexibility index (Phi) is 12.3. The number of benzene rings is 2. The second-order valence-electron chi connectivity index (χ2n) is 17.0. The highest BCUT2D eigenvalue weighted by molar-refractivity contribution is 5.82. The molecule has 2 aromatic carbocycles. The van der Waals surface area contributed by atoms with Crippen molar-refractivity contribution < 1.29 is 8.78 Å². The monoisotopic (exact) mass is 871 g/mol. The van der Waals surface area contributed by atoms with E-state index in [0.717, 1.165) is 72.2 Å². The van der Waals surface area contributed by atoms with E-state index in [0.29, 0.717) is 58.6 Å². The summed E-state index contributed by atoms with van der Waals surface area (Å²) < 4.78 is 31.1. The van der Waals surface area contributed by atoms with E-state index >= 15 is 0 Å². The number of nitrogens with one attached hydrogen (secondary N) is 2. The summed E-state index contributed by atoms with van der Waals surface area (Å²) in [5, 5.41) is 6.93. The molecule has 1 aliphatic heterocycles. The molecule has 3 aliphatic rings. The summed E-state index contributed by atoms with van der Waals surface area (Å²) in [6.07, 6.45) is 18.2. The van der Waals surface area contributed by atoms with E-state index in [1.807, 2.05) is 33.4 Å². The molecule has 3 fully saturated rings. The third kappa shape index (κ3) is 9.46. The molecule has 2 saturated carbocycles. The summed E-state index contributed by atoms with van der Waals surface area (Å²) in [6.45, 7) is 7.16. The van der Waals surface area contributed by atoms with E-state index in [2.05, 4.69) is 49.2 Å². The number of hydrogen-bond acceptors (Lipinski definition) is 11. The Morgan fingerprint density at radius 2 is 1.05 bits per heavy atom. The highest BCUT2D eigenvalue weighted by Gasteiger charge is 2.22. The second kappa shape index (κ2) is 19.0. The number of pyridine rings is 2. The fourth-order valence-electron chi connectivity index (χ4n) is 9.15. The van der Waals surface area contributed by atoms with Crippen LogP contribution in [0.3, 0.4) is 0 Å². The van der Waals surface area contributed by atoms with Gasteiger partial charge in [-0.25, -0.2) is 38.7 Å². The van der Waals surface area contributed by atoms with Gasteiger partial charge in [0.2, 0.25) is 11.9 Å². The number of fused-ring (bicyclic) bond motifs is 2. The van der Waals surface area contributed by atoms with Gasteiger partial charge in [-0.1, -0.05) is 32.3 Å². The molecule has 13 nitrogen and oxygen atoms in total. The first kappa shape index (κ1) is 42.0. The molecule has 0 radical (unpaired) electrons. The van der Waals surface area contributed by atoms with E-state index in [9.17, 15) is 8.78 Å². The van der Waals surface area contributed by atoms with Gasteiger partial charge in [-0.2, -0.15) is 9.97 Å². The Bertz CT molecular complexity index is 2910. The lowest BCUT2D eigenvalue weighted by Crippen LogP contribution is -2.22. The van der Waals surface area contributed by atoms with Gasteiger partial charge < -0.3 is 15.5 Å². The van der Waals surface area contributed by atoms with Crippen LogP contribution in [0.1, 0.15) is 75.6 Å². The minimum absolute atomic E-state index is 0.274. The molecule has 7 heterocycles. The van der Waals surface area contributed by atoms with Gasteiger partial charge >= 0.3 is 0 Å². The van der Waals surface area contributed by atoms with Gasteiger partial charge in [-0.3, -0.25) is 9.13 Å². The average Bonchev–Trinajstić information content (AvgIpc) is 4.20. The van der Waals surface area contributed by atoms with Crippen LogP contribution in [0.15, 0.2) is 104 Å². The van der Waals surface area contributed by atoms with Crippen LogP contribution in [0, 0.1) is 11.6 Å². The highest BCUT2D eigenvalue weighted by Crippen LogP contribution is 2.31. The number of anilines is 2. The Hall–Kier alpha value is -7.00. The van der Waals surface area contributed by atoms with Crippen molar-refractivity contribution in [2.24, 2.45) is 0 Å². The van der Waals surface area contributed by atoms with Crippen LogP contribution in [-0.4, -0.2) is 85.6 Å². The molecule has 6 aromatic heterocycles. The van der Waals surface area contributed by atoms with Crippen LogP contribution in [0.2, 0.25) is 0 Å². The van der Waals surface area contributed by atoms with E-state index < -0.39 is 0 Å². The van der Waals surface area contributed by atoms with Crippen molar-refractivity contribution in [3.05, 3.63) is 127 Å². The molecule has 11 rings (SSSR count). The minimum Gasteiger partial charge on any atom is -0.351 e. The smallest absolute Gasteiger partial charge is 0.224 e. The van der Waals surface area contributed by atoms with Crippen molar-refractivity contribution in [1.29, 1.82) is 0 Å². The lowest BCUT2D eigenvalue weighted by molar-refractivity contribution is 0.342. The van der Waals surface area contributed by atoms with Crippen LogP contribution in [0.4, 0.5) is 20.7 Å². The second-order valence-corrected chi connectivity index (χ2v) is 17.0. The molecule has 0 unspecified atom stereocenters. The zero-order valence-electron chi connectivity index (χ0n) is 36.3. The molecular formula is C50H51F2N13. The summed E-state index contributed by atoms with van der Waals surface area (Å²) in [7, 11) is 0. The topological polar surface area (TPSA) is 140 Å². The molecule has 330 valence electrons. The summed E-state index contributed by atoms with van der Waals surface area (Å²) in [4.78, 5) is 40.0. The molecule has 15 heteroatoms. The third-order valence-electron chi connectivity index (χ3n) is 12.5. The quantitative estimate of drug-likeness (QED) is 0.121. The van der Waals surface area contributed by atoms with Crippen LogP contribution >= 0.6 is 0 Å². The third-order valence-corrected chi connectivity index (χ3v) is 12.5. The minimum atomic E-state index is -0.293. The molecule has 0 spiro atoms. The van der Waals surface area contributed by atoms with Crippen molar-refractivity contribution >= 4 is 40.3 Å². The molecule has 2 aliphatic carbocycles.